The summed E-state index contributed by atoms with van der Waals surface area (Å²) in [7, 11) is -3.58. The van der Waals surface area contributed by atoms with Crippen LogP contribution in [0.25, 0.3) is 0 Å². The van der Waals surface area contributed by atoms with Gasteiger partial charge in [0.05, 0.1) is 0 Å². The Morgan fingerprint density at radius 3 is 2.28 bits per heavy atom. The first-order valence-electron chi connectivity index (χ1n) is 8.69. The molecule has 0 unspecified atom stereocenters. The van der Waals surface area contributed by atoms with Gasteiger partial charge in [0.15, 0.2) is 9.84 Å². The van der Waals surface area contributed by atoms with Crippen molar-refractivity contribution < 1.29 is 13.2 Å². The van der Waals surface area contributed by atoms with Gasteiger partial charge in [-0.05, 0) is 79.8 Å². The van der Waals surface area contributed by atoms with Crippen LogP contribution in [0.3, 0.4) is 0 Å². The average Bonchev–Trinajstić information content (AvgIpc) is 3.25. The molecule has 1 aromatic heterocycles. The van der Waals surface area contributed by atoms with Gasteiger partial charge < -0.3 is 5.32 Å². The Labute approximate surface area is 152 Å². The predicted octanol–water partition coefficient (Wildman–Crippen LogP) is 3.45. The van der Waals surface area contributed by atoms with Crippen LogP contribution in [0.5, 0.6) is 0 Å². The number of amides is 1. The first-order valence-corrected chi connectivity index (χ1v) is 11.2. The number of thiophene rings is 1. The molecule has 4 rings (SSSR count). The van der Waals surface area contributed by atoms with E-state index in [9.17, 15) is 13.2 Å². The quantitative estimate of drug-likeness (QED) is 0.890. The van der Waals surface area contributed by atoms with E-state index in [4.69, 9.17) is 0 Å². The Morgan fingerprint density at radius 2 is 1.72 bits per heavy atom. The van der Waals surface area contributed by atoms with Crippen LogP contribution >= 0.6 is 11.3 Å². The molecule has 132 valence electrons. The number of aryl methyl sites for hydroxylation is 3. The molecule has 0 spiro atoms. The van der Waals surface area contributed by atoms with E-state index in [1.807, 2.05) is 6.92 Å². The zero-order chi connectivity index (χ0) is 17.6. The van der Waals surface area contributed by atoms with Gasteiger partial charge in [0.25, 0.3) is 0 Å². The highest BCUT2D eigenvalue weighted by Crippen LogP contribution is 2.38. The number of carbonyl (C=O) groups excluding carboxylic acids is 1. The van der Waals surface area contributed by atoms with Gasteiger partial charge in [-0.1, -0.05) is 6.07 Å². The number of sulfone groups is 1. The highest BCUT2D eigenvalue weighted by molar-refractivity contribution is 7.94. The first kappa shape index (κ1) is 16.8. The van der Waals surface area contributed by atoms with Crippen molar-refractivity contribution in [2.24, 2.45) is 0 Å². The van der Waals surface area contributed by atoms with Crippen LogP contribution in [-0.4, -0.2) is 20.1 Å². The van der Waals surface area contributed by atoms with Crippen molar-refractivity contribution in [3.8, 4) is 0 Å². The van der Waals surface area contributed by atoms with Crippen molar-refractivity contribution in [2.45, 2.75) is 49.7 Å². The molecule has 0 saturated heterocycles. The highest BCUT2D eigenvalue weighted by atomic mass is 32.2. The molecule has 0 saturated carbocycles. The lowest BCUT2D eigenvalue weighted by atomic mass is 9.98. The predicted molar refractivity (Wildman–Crippen MR) is 100 cm³/mol. The third-order valence-corrected chi connectivity index (χ3v) is 8.28. The standard InChI is InChI=1S/C19H21NO3S2/c1-12-8-9-18(24-12)25(22,23)11-17(21)20-19-15-6-2-4-13(15)10-14-5-3-7-16(14)19/h8-10H,2-7,11H2,1H3,(H,20,21). The zero-order valence-electron chi connectivity index (χ0n) is 14.2. The molecule has 0 fully saturated rings. The molecule has 2 aliphatic rings. The van der Waals surface area contributed by atoms with E-state index in [1.54, 1.807) is 12.1 Å². The van der Waals surface area contributed by atoms with E-state index in [2.05, 4.69) is 11.4 Å². The summed E-state index contributed by atoms with van der Waals surface area (Å²) in [5.41, 5.74) is 6.00. The minimum Gasteiger partial charge on any atom is -0.325 e. The van der Waals surface area contributed by atoms with Crippen LogP contribution in [0.2, 0.25) is 0 Å². The average molecular weight is 376 g/mol. The van der Waals surface area contributed by atoms with Gasteiger partial charge in [-0.2, -0.15) is 0 Å². The van der Waals surface area contributed by atoms with Crippen LogP contribution in [0.4, 0.5) is 5.69 Å². The Bertz CT molecular complexity index is 925. The maximum absolute atomic E-state index is 12.5. The van der Waals surface area contributed by atoms with Crippen molar-refractivity contribution in [3.63, 3.8) is 0 Å². The topological polar surface area (TPSA) is 63.2 Å². The summed E-state index contributed by atoms with van der Waals surface area (Å²) in [5.74, 6) is -0.925. The van der Waals surface area contributed by atoms with E-state index < -0.39 is 21.5 Å². The molecular formula is C19H21NO3S2. The summed E-state index contributed by atoms with van der Waals surface area (Å²) in [6, 6.07) is 5.65. The third-order valence-electron chi connectivity index (χ3n) is 5.08. The molecule has 1 aromatic carbocycles. The van der Waals surface area contributed by atoms with Crippen molar-refractivity contribution in [2.75, 3.05) is 11.1 Å². The lowest BCUT2D eigenvalue weighted by molar-refractivity contribution is -0.113. The Balaban J connectivity index is 1.60. The van der Waals surface area contributed by atoms with E-state index in [0.717, 1.165) is 49.1 Å². The zero-order valence-corrected chi connectivity index (χ0v) is 15.9. The largest absolute Gasteiger partial charge is 0.325 e. The molecule has 1 N–H and O–H groups in total. The fourth-order valence-corrected chi connectivity index (χ4v) is 6.47. The number of fused-ring (bicyclic) bond motifs is 2. The van der Waals surface area contributed by atoms with Gasteiger partial charge in [0.2, 0.25) is 5.91 Å². The molecule has 2 aromatic rings. The minimum atomic E-state index is -3.58. The lowest BCUT2D eigenvalue weighted by Gasteiger charge is -2.16. The molecule has 4 nitrogen and oxygen atoms in total. The number of carbonyl (C=O) groups is 1. The molecule has 0 atom stereocenters. The fraction of sp³-hybridized carbons (Fsp3) is 0.421. The molecule has 6 heteroatoms. The summed E-state index contributed by atoms with van der Waals surface area (Å²) in [5, 5.41) is 2.96. The molecule has 0 radical (unpaired) electrons. The molecule has 1 heterocycles. The molecule has 1 amide bonds. The number of nitrogens with one attached hydrogen (secondary N) is 1. The van der Waals surface area contributed by atoms with Crippen molar-refractivity contribution >= 4 is 32.8 Å². The summed E-state index contributed by atoms with van der Waals surface area (Å²) in [6.45, 7) is 1.86. The maximum atomic E-state index is 12.5. The van der Waals surface area contributed by atoms with E-state index in [1.165, 1.54) is 33.6 Å². The Kier molecular flexibility index (Phi) is 4.20. The Morgan fingerprint density at radius 1 is 1.08 bits per heavy atom. The highest BCUT2D eigenvalue weighted by Gasteiger charge is 2.27. The number of benzene rings is 1. The normalized spacial score (nSPS) is 15.9. The molecule has 2 aliphatic carbocycles. The number of hydrogen-bond donors (Lipinski definition) is 1. The molecule has 0 bridgehead atoms. The number of anilines is 1. The Hall–Kier alpha value is -1.66. The van der Waals surface area contributed by atoms with Crippen LogP contribution in [0.1, 0.15) is 40.0 Å². The second-order valence-corrected chi connectivity index (χ2v) is 10.4. The summed E-state index contributed by atoms with van der Waals surface area (Å²) in [4.78, 5) is 13.5. The van der Waals surface area contributed by atoms with E-state index >= 15 is 0 Å². The van der Waals surface area contributed by atoms with E-state index in [0.29, 0.717) is 0 Å². The second kappa shape index (κ2) is 6.25. The van der Waals surface area contributed by atoms with Crippen molar-refractivity contribution in [1.82, 2.24) is 0 Å². The van der Waals surface area contributed by atoms with Gasteiger partial charge in [-0.3, -0.25) is 4.79 Å². The SMILES string of the molecule is Cc1ccc(S(=O)(=O)CC(=O)Nc2c3c(cc4c2CCC4)CCC3)s1. The van der Waals surface area contributed by atoms with Crippen molar-refractivity contribution in [1.29, 1.82) is 0 Å². The third kappa shape index (κ3) is 3.13. The summed E-state index contributed by atoms with van der Waals surface area (Å²) < 4.78 is 25.2. The molecule has 0 aliphatic heterocycles. The molecule has 25 heavy (non-hydrogen) atoms. The van der Waals surface area contributed by atoms with Gasteiger partial charge in [0.1, 0.15) is 9.96 Å². The van der Waals surface area contributed by atoms with E-state index in [-0.39, 0.29) is 4.21 Å². The van der Waals surface area contributed by atoms with Crippen LogP contribution in [-0.2, 0) is 40.3 Å². The fourth-order valence-electron chi connectivity index (χ4n) is 3.97. The second-order valence-electron chi connectivity index (χ2n) is 6.91. The van der Waals surface area contributed by atoms with Crippen LogP contribution in [0, 0.1) is 6.92 Å². The number of hydrogen-bond acceptors (Lipinski definition) is 4. The monoisotopic (exact) mass is 375 g/mol. The van der Waals surface area contributed by atoms with Crippen LogP contribution in [0.15, 0.2) is 22.4 Å². The van der Waals surface area contributed by atoms with Crippen LogP contribution < -0.4 is 5.32 Å². The maximum Gasteiger partial charge on any atom is 0.240 e. The smallest absolute Gasteiger partial charge is 0.240 e. The summed E-state index contributed by atoms with van der Waals surface area (Å²) in [6.07, 6.45) is 6.25. The number of rotatable bonds is 4. The van der Waals surface area contributed by atoms with Gasteiger partial charge in [-0.25, -0.2) is 8.42 Å². The van der Waals surface area contributed by atoms with Crippen molar-refractivity contribution in [3.05, 3.63) is 45.3 Å². The van der Waals surface area contributed by atoms with Gasteiger partial charge in [-0.15, -0.1) is 11.3 Å². The van der Waals surface area contributed by atoms with Gasteiger partial charge in [0, 0.05) is 10.6 Å². The lowest BCUT2D eigenvalue weighted by Crippen LogP contribution is -2.24. The summed E-state index contributed by atoms with van der Waals surface area (Å²) >= 11 is 1.22. The van der Waals surface area contributed by atoms with Gasteiger partial charge >= 0.3 is 0 Å². The molecular weight excluding hydrogens is 354 g/mol. The first-order chi connectivity index (χ1) is 11.9. The minimum absolute atomic E-state index is 0.267.